The highest BCUT2D eigenvalue weighted by molar-refractivity contribution is 6.30. The minimum absolute atomic E-state index is 0.394. The molecule has 0 radical (unpaired) electrons. The molecule has 5 heteroatoms. The van der Waals surface area contributed by atoms with Crippen molar-refractivity contribution in [2.24, 2.45) is 0 Å². The Balaban J connectivity index is 2.25. The third kappa shape index (κ3) is 4.33. The SMILES string of the molecule is COC(=O)[C@H](Cl)[C@H](OC(=O)c1ccc(C)cc1)c1ccccc1. The zero-order valence-corrected chi connectivity index (χ0v) is 13.6. The van der Waals surface area contributed by atoms with E-state index in [0.717, 1.165) is 5.56 Å². The highest BCUT2D eigenvalue weighted by Crippen LogP contribution is 2.27. The zero-order valence-electron chi connectivity index (χ0n) is 12.9. The van der Waals surface area contributed by atoms with Crippen LogP contribution in [0.25, 0.3) is 0 Å². The van der Waals surface area contributed by atoms with Gasteiger partial charge in [-0.05, 0) is 24.6 Å². The Morgan fingerprint density at radius 3 is 2.17 bits per heavy atom. The van der Waals surface area contributed by atoms with Crippen LogP contribution < -0.4 is 0 Å². The Morgan fingerprint density at radius 1 is 1.00 bits per heavy atom. The lowest BCUT2D eigenvalue weighted by atomic mass is 10.1. The summed E-state index contributed by atoms with van der Waals surface area (Å²) in [6, 6.07) is 15.8. The van der Waals surface area contributed by atoms with E-state index in [1.165, 1.54) is 7.11 Å². The van der Waals surface area contributed by atoms with Gasteiger partial charge in [0.05, 0.1) is 12.7 Å². The predicted octanol–water partition coefficient (Wildman–Crippen LogP) is 3.67. The molecule has 2 aromatic carbocycles. The van der Waals surface area contributed by atoms with E-state index in [-0.39, 0.29) is 0 Å². The number of alkyl halides is 1. The van der Waals surface area contributed by atoms with Gasteiger partial charge < -0.3 is 9.47 Å². The summed E-state index contributed by atoms with van der Waals surface area (Å²) >= 11 is 6.14. The van der Waals surface area contributed by atoms with Crippen LogP contribution in [0.2, 0.25) is 0 Å². The van der Waals surface area contributed by atoms with E-state index in [4.69, 9.17) is 16.3 Å². The van der Waals surface area contributed by atoms with E-state index < -0.39 is 23.4 Å². The number of benzene rings is 2. The minimum atomic E-state index is -1.13. The van der Waals surface area contributed by atoms with Crippen LogP contribution in [0.3, 0.4) is 0 Å². The number of ether oxygens (including phenoxy) is 2. The van der Waals surface area contributed by atoms with Crippen LogP contribution in [0.1, 0.15) is 27.6 Å². The normalized spacial score (nSPS) is 13.0. The molecule has 0 saturated carbocycles. The molecule has 0 amide bonds. The Morgan fingerprint density at radius 2 is 1.61 bits per heavy atom. The van der Waals surface area contributed by atoms with Gasteiger partial charge in [-0.25, -0.2) is 4.79 Å². The molecule has 0 aliphatic rings. The topological polar surface area (TPSA) is 52.6 Å². The molecule has 0 saturated heterocycles. The van der Waals surface area contributed by atoms with Gasteiger partial charge in [0.1, 0.15) is 0 Å². The number of carbonyl (C=O) groups is 2. The molecule has 120 valence electrons. The van der Waals surface area contributed by atoms with Crippen molar-refractivity contribution in [1.82, 2.24) is 0 Å². The maximum Gasteiger partial charge on any atom is 0.338 e. The molecule has 2 atom stereocenters. The highest BCUT2D eigenvalue weighted by atomic mass is 35.5. The van der Waals surface area contributed by atoms with Crippen LogP contribution in [0.5, 0.6) is 0 Å². The van der Waals surface area contributed by atoms with Crippen LogP contribution in [0, 0.1) is 6.92 Å². The van der Waals surface area contributed by atoms with Crippen molar-refractivity contribution in [1.29, 1.82) is 0 Å². The van der Waals surface area contributed by atoms with E-state index in [0.29, 0.717) is 11.1 Å². The van der Waals surface area contributed by atoms with Crippen LogP contribution >= 0.6 is 11.6 Å². The summed E-state index contributed by atoms with van der Waals surface area (Å²) in [6.07, 6.45) is -0.931. The molecular formula is C18H17ClO4. The second kappa shape index (κ2) is 7.79. The third-order valence-corrected chi connectivity index (χ3v) is 3.75. The fourth-order valence-corrected chi connectivity index (χ4v) is 2.33. The highest BCUT2D eigenvalue weighted by Gasteiger charge is 2.32. The Kier molecular flexibility index (Phi) is 5.77. The van der Waals surface area contributed by atoms with Gasteiger partial charge in [0.15, 0.2) is 11.5 Å². The fraction of sp³-hybridized carbons (Fsp3) is 0.222. The summed E-state index contributed by atoms with van der Waals surface area (Å²) in [5.41, 5.74) is 2.05. The molecule has 23 heavy (non-hydrogen) atoms. The van der Waals surface area contributed by atoms with Gasteiger partial charge in [-0.3, -0.25) is 4.79 Å². The average molecular weight is 333 g/mol. The molecule has 0 spiro atoms. The molecule has 0 unspecified atom stereocenters. The predicted molar refractivity (Wildman–Crippen MR) is 87.4 cm³/mol. The Hall–Kier alpha value is -2.33. The van der Waals surface area contributed by atoms with Crippen LogP contribution in [-0.4, -0.2) is 24.4 Å². The van der Waals surface area contributed by atoms with Crippen molar-refractivity contribution < 1.29 is 19.1 Å². The number of methoxy groups -OCH3 is 1. The molecule has 0 aliphatic heterocycles. The summed E-state index contributed by atoms with van der Waals surface area (Å²) in [5.74, 6) is -1.20. The maximum atomic E-state index is 12.3. The minimum Gasteiger partial charge on any atom is -0.468 e. The van der Waals surface area contributed by atoms with E-state index in [2.05, 4.69) is 4.74 Å². The first-order valence-electron chi connectivity index (χ1n) is 7.07. The number of hydrogen-bond donors (Lipinski definition) is 0. The standard InChI is InChI=1S/C18H17ClO4/c1-12-8-10-14(11-9-12)17(20)23-16(15(19)18(21)22-2)13-6-4-3-5-7-13/h3-11,15-16H,1-2H3/t15-,16-/m1/s1. The number of rotatable bonds is 5. The van der Waals surface area contributed by atoms with Crippen molar-refractivity contribution >= 4 is 23.5 Å². The largest absolute Gasteiger partial charge is 0.468 e. The lowest BCUT2D eigenvalue weighted by Crippen LogP contribution is -2.28. The molecule has 4 nitrogen and oxygen atoms in total. The van der Waals surface area contributed by atoms with Gasteiger partial charge in [0, 0.05) is 0 Å². The molecule has 0 heterocycles. The second-order valence-corrected chi connectivity index (χ2v) is 5.50. The molecule has 0 N–H and O–H groups in total. The molecular weight excluding hydrogens is 316 g/mol. The molecule has 0 fully saturated rings. The summed E-state index contributed by atoms with van der Waals surface area (Å²) < 4.78 is 10.1. The van der Waals surface area contributed by atoms with Gasteiger partial charge in [-0.15, -0.1) is 11.6 Å². The molecule has 2 aromatic rings. The van der Waals surface area contributed by atoms with Crippen LogP contribution in [-0.2, 0) is 14.3 Å². The third-order valence-electron chi connectivity index (χ3n) is 3.34. The van der Waals surface area contributed by atoms with Gasteiger partial charge in [0.2, 0.25) is 0 Å². The summed E-state index contributed by atoms with van der Waals surface area (Å²) in [6.45, 7) is 1.92. The summed E-state index contributed by atoms with van der Waals surface area (Å²) in [5, 5.41) is -1.13. The number of aryl methyl sites for hydroxylation is 1. The monoisotopic (exact) mass is 332 g/mol. The first-order valence-corrected chi connectivity index (χ1v) is 7.51. The van der Waals surface area contributed by atoms with Gasteiger partial charge in [0.25, 0.3) is 0 Å². The van der Waals surface area contributed by atoms with E-state index in [9.17, 15) is 9.59 Å². The quantitative estimate of drug-likeness (QED) is 0.619. The smallest absolute Gasteiger partial charge is 0.338 e. The van der Waals surface area contributed by atoms with Crippen molar-refractivity contribution in [3.63, 3.8) is 0 Å². The van der Waals surface area contributed by atoms with Crippen LogP contribution in [0.15, 0.2) is 54.6 Å². The summed E-state index contributed by atoms with van der Waals surface area (Å²) in [7, 11) is 1.24. The molecule has 0 aromatic heterocycles. The first kappa shape index (κ1) is 17.0. The summed E-state index contributed by atoms with van der Waals surface area (Å²) in [4.78, 5) is 24.1. The van der Waals surface area contributed by atoms with Crippen molar-refractivity contribution in [3.05, 3.63) is 71.3 Å². The maximum absolute atomic E-state index is 12.3. The average Bonchev–Trinajstić information content (AvgIpc) is 2.59. The zero-order chi connectivity index (χ0) is 16.8. The lowest BCUT2D eigenvalue weighted by Gasteiger charge is -2.21. The fourth-order valence-electron chi connectivity index (χ4n) is 2.05. The molecule has 0 aliphatic carbocycles. The van der Waals surface area contributed by atoms with Gasteiger partial charge in [-0.1, -0.05) is 48.0 Å². The van der Waals surface area contributed by atoms with Gasteiger partial charge in [-0.2, -0.15) is 0 Å². The number of halogens is 1. The first-order chi connectivity index (χ1) is 11.0. The van der Waals surface area contributed by atoms with E-state index >= 15 is 0 Å². The lowest BCUT2D eigenvalue weighted by molar-refractivity contribution is -0.142. The Labute approximate surface area is 140 Å². The molecule has 0 bridgehead atoms. The van der Waals surface area contributed by atoms with Crippen LogP contribution in [0.4, 0.5) is 0 Å². The number of carbonyl (C=O) groups excluding carboxylic acids is 2. The van der Waals surface area contributed by atoms with Gasteiger partial charge >= 0.3 is 11.9 Å². The van der Waals surface area contributed by atoms with Crippen molar-refractivity contribution in [2.75, 3.05) is 7.11 Å². The van der Waals surface area contributed by atoms with E-state index in [1.807, 2.05) is 25.1 Å². The van der Waals surface area contributed by atoms with Crippen molar-refractivity contribution in [2.45, 2.75) is 18.4 Å². The number of esters is 2. The Bertz CT molecular complexity index is 667. The van der Waals surface area contributed by atoms with E-state index in [1.54, 1.807) is 36.4 Å². The number of hydrogen-bond acceptors (Lipinski definition) is 4. The second-order valence-electron chi connectivity index (χ2n) is 5.03. The molecule has 2 rings (SSSR count). The van der Waals surface area contributed by atoms with Crippen molar-refractivity contribution in [3.8, 4) is 0 Å².